The molecule has 0 bridgehead atoms. The van der Waals surface area contributed by atoms with Gasteiger partial charge < -0.3 is 0 Å². The summed E-state index contributed by atoms with van der Waals surface area (Å²) in [5.74, 6) is 0. The van der Waals surface area contributed by atoms with Crippen molar-refractivity contribution in [2.45, 2.75) is 47.0 Å². The zero-order valence-electron chi connectivity index (χ0n) is 12.1. The van der Waals surface area contributed by atoms with Crippen LogP contribution in [0.25, 0.3) is 10.8 Å². The van der Waals surface area contributed by atoms with Crippen LogP contribution in [0, 0.1) is 20.8 Å². The fourth-order valence-corrected chi connectivity index (χ4v) is 2.50. The Kier molecular flexibility index (Phi) is 7.81. The van der Waals surface area contributed by atoms with Crippen molar-refractivity contribution in [2.24, 2.45) is 0 Å². The molecule has 0 radical (unpaired) electrons. The van der Waals surface area contributed by atoms with E-state index in [0.717, 1.165) is 0 Å². The van der Waals surface area contributed by atoms with Crippen molar-refractivity contribution in [3.05, 3.63) is 40.5 Å². The van der Waals surface area contributed by atoms with Gasteiger partial charge in [0.2, 0.25) is 0 Å². The second-order valence-corrected chi connectivity index (χ2v) is 8.69. The molecule has 2 aromatic rings. The zero-order valence-corrected chi connectivity index (χ0v) is 16.1. The number of hydrogen-bond donors (Lipinski definition) is 0. The molecule has 0 saturated carbocycles. The van der Waals surface area contributed by atoms with E-state index in [2.05, 4.69) is 45.9 Å². The van der Waals surface area contributed by atoms with E-state index in [9.17, 15) is 0 Å². The number of rotatable bonds is 3. The van der Waals surface area contributed by atoms with E-state index in [4.69, 9.17) is 17.0 Å². The number of fused-ring (bicyclic) bond motifs is 1. The quantitative estimate of drug-likeness (QED) is 0.560. The predicted molar refractivity (Wildman–Crippen MR) is 84.1 cm³/mol. The van der Waals surface area contributed by atoms with Crippen LogP contribution in [0.2, 0.25) is 0 Å². The minimum absolute atomic E-state index is 0.826. The summed E-state index contributed by atoms with van der Waals surface area (Å²) in [7, 11) is 9.87. The van der Waals surface area contributed by atoms with Crippen molar-refractivity contribution < 1.29 is 20.8 Å². The fraction of sp³-hybridized carbons (Fsp3) is 0.438. The van der Waals surface area contributed by atoms with Gasteiger partial charge in [-0.1, -0.05) is 52.2 Å². The first-order valence-electron chi connectivity index (χ1n) is 6.68. The van der Waals surface area contributed by atoms with Gasteiger partial charge in [0.05, 0.1) is 0 Å². The standard InChI is InChI=1S/C16H21.2ClH.Zr/c1-5-6-7-14-9-8-11(2)15-10-12(3)13(4)16(14)15;;;/h8-10H,5-7H2,1-4H3;2*1H;/q-1;;;+2/p-2. The Labute approximate surface area is 135 Å². The first-order valence-corrected chi connectivity index (χ1v) is 13.0. The maximum absolute atomic E-state index is 4.93. The van der Waals surface area contributed by atoms with Crippen LogP contribution < -0.4 is 0 Å². The van der Waals surface area contributed by atoms with E-state index in [1.807, 2.05) is 0 Å². The minimum atomic E-state index is -0.826. The third-order valence-corrected chi connectivity index (χ3v) is 3.68. The number of hydrogen-bond acceptors (Lipinski definition) is 0. The molecular formula is C16H21Cl2Zr-. The van der Waals surface area contributed by atoms with E-state index in [0.29, 0.717) is 0 Å². The summed E-state index contributed by atoms with van der Waals surface area (Å²) in [5, 5.41) is 2.98. The van der Waals surface area contributed by atoms with Gasteiger partial charge in [-0.3, -0.25) is 0 Å². The van der Waals surface area contributed by atoms with Gasteiger partial charge in [0.15, 0.2) is 0 Å². The van der Waals surface area contributed by atoms with Crippen LogP contribution in [0.4, 0.5) is 0 Å². The van der Waals surface area contributed by atoms with Crippen molar-refractivity contribution in [3.8, 4) is 0 Å². The van der Waals surface area contributed by atoms with Crippen LogP contribution in [-0.2, 0) is 27.3 Å². The van der Waals surface area contributed by atoms with Crippen LogP contribution in [0.1, 0.15) is 42.0 Å². The molecule has 0 nitrogen and oxygen atoms in total. The van der Waals surface area contributed by atoms with Crippen molar-refractivity contribution in [1.82, 2.24) is 0 Å². The van der Waals surface area contributed by atoms with Gasteiger partial charge in [0, 0.05) is 0 Å². The Morgan fingerprint density at radius 3 is 2.37 bits per heavy atom. The van der Waals surface area contributed by atoms with E-state index in [1.165, 1.54) is 52.3 Å². The van der Waals surface area contributed by atoms with E-state index in [1.54, 1.807) is 0 Å². The second-order valence-electron chi connectivity index (χ2n) is 4.96. The molecular weight excluding hydrogens is 354 g/mol. The molecule has 0 unspecified atom stereocenters. The molecule has 0 spiro atoms. The first kappa shape index (κ1) is 17.3. The summed E-state index contributed by atoms with van der Waals surface area (Å²) in [6.45, 7) is 8.95. The molecule has 104 valence electrons. The third-order valence-electron chi connectivity index (χ3n) is 3.68. The Morgan fingerprint density at radius 2 is 1.79 bits per heavy atom. The van der Waals surface area contributed by atoms with Gasteiger partial charge in [0.1, 0.15) is 0 Å². The van der Waals surface area contributed by atoms with Crippen LogP contribution in [0.15, 0.2) is 18.2 Å². The molecule has 0 aromatic heterocycles. The molecule has 2 rings (SSSR count). The normalized spacial score (nSPS) is 10.2. The topological polar surface area (TPSA) is 0 Å². The van der Waals surface area contributed by atoms with Crippen LogP contribution in [0.3, 0.4) is 0 Å². The molecule has 0 fully saturated rings. The fourth-order valence-electron chi connectivity index (χ4n) is 2.50. The number of aryl methyl sites for hydroxylation is 4. The molecule has 0 saturated heterocycles. The van der Waals surface area contributed by atoms with E-state index in [-0.39, 0.29) is 0 Å². The monoisotopic (exact) mass is 373 g/mol. The molecule has 0 amide bonds. The van der Waals surface area contributed by atoms with E-state index >= 15 is 0 Å². The summed E-state index contributed by atoms with van der Waals surface area (Å²) in [5.41, 5.74) is 5.85. The summed E-state index contributed by atoms with van der Waals surface area (Å²) >= 11 is -0.826. The van der Waals surface area contributed by atoms with Crippen molar-refractivity contribution in [2.75, 3.05) is 0 Å². The number of halogens is 2. The van der Waals surface area contributed by atoms with Gasteiger partial charge in [0.25, 0.3) is 0 Å². The first-order chi connectivity index (χ1) is 9.06. The Morgan fingerprint density at radius 1 is 1.16 bits per heavy atom. The number of benzene rings is 1. The average molecular weight is 375 g/mol. The Balaban J connectivity index is 0.000000550. The molecule has 0 aliphatic carbocycles. The molecule has 0 aliphatic rings. The predicted octanol–water partition coefficient (Wildman–Crippen LogP) is 6.20. The summed E-state index contributed by atoms with van der Waals surface area (Å²) in [4.78, 5) is 0. The van der Waals surface area contributed by atoms with Gasteiger partial charge in [-0.25, -0.2) is 0 Å². The molecule has 0 N–H and O–H groups in total. The Bertz CT molecular complexity index is 529. The van der Waals surface area contributed by atoms with Crippen molar-refractivity contribution in [3.63, 3.8) is 0 Å². The van der Waals surface area contributed by atoms with Gasteiger partial charge in [-0.2, -0.15) is 5.56 Å². The van der Waals surface area contributed by atoms with Gasteiger partial charge in [-0.15, -0.1) is 34.0 Å². The average Bonchev–Trinajstić information content (AvgIpc) is 2.68. The molecule has 0 aliphatic heterocycles. The second kappa shape index (κ2) is 8.55. The third kappa shape index (κ3) is 4.38. The summed E-state index contributed by atoms with van der Waals surface area (Å²) in [6.07, 6.45) is 3.79. The Hall–Kier alpha value is 0.293. The summed E-state index contributed by atoms with van der Waals surface area (Å²) < 4.78 is 0. The molecule has 19 heavy (non-hydrogen) atoms. The zero-order chi connectivity index (χ0) is 14.4. The summed E-state index contributed by atoms with van der Waals surface area (Å²) in [6, 6.07) is 6.93. The van der Waals surface area contributed by atoms with Crippen molar-refractivity contribution in [1.29, 1.82) is 0 Å². The SMILES string of the molecule is CCCCc1ccc(C)c2[cH-]c(C)c(C)c12.[Cl][Zr][Cl]. The maximum atomic E-state index is 4.93. The van der Waals surface area contributed by atoms with Crippen LogP contribution >= 0.6 is 17.0 Å². The van der Waals surface area contributed by atoms with Crippen molar-refractivity contribution >= 4 is 27.8 Å². The van der Waals surface area contributed by atoms with Crippen LogP contribution in [0.5, 0.6) is 0 Å². The molecule has 2 aromatic carbocycles. The van der Waals surface area contributed by atoms with Gasteiger partial charge in [-0.05, 0) is 6.42 Å². The molecule has 3 heteroatoms. The molecule has 0 heterocycles. The van der Waals surface area contributed by atoms with E-state index < -0.39 is 20.8 Å². The van der Waals surface area contributed by atoms with Crippen LogP contribution in [-0.4, -0.2) is 0 Å². The molecule has 0 atom stereocenters. The number of unbranched alkanes of at least 4 members (excludes halogenated alkanes) is 1. The van der Waals surface area contributed by atoms with Gasteiger partial charge >= 0.3 is 37.9 Å².